The minimum atomic E-state index is -0.149. The third-order valence-electron chi connectivity index (χ3n) is 14.0. The summed E-state index contributed by atoms with van der Waals surface area (Å²) in [5.41, 5.74) is 13.5. The Morgan fingerprint density at radius 3 is 1.31 bits per heavy atom. The molecule has 0 saturated carbocycles. The van der Waals surface area contributed by atoms with Gasteiger partial charge in [-0.1, -0.05) is 147 Å². The van der Waals surface area contributed by atoms with E-state index in [-0.39, 0.29) is 5.41 Å². The summed E-state index contributed by atoms with van der Waals surface area (Å²) in [5, 5.41) is 17.1. The third kappa shape index (κ3) is 4.36. The van der Waals surface area contributed by atoms with E-state index in [1.54, 1.807) is 0 Å². The Morgan fingerprint density at radius 1 is 0.295 bits per heavy atom. The highest BCUT2D eigenvalue weighted by molar-refractivity contribution is 6.27. The van der Waals surface area contributed by atoms with Crippen LogP contribution in [0.5, 0.6) is 0 Å². The van der Waals surface area contributed by atoms with Gasteiger partial charge in [0.05, 0.1) is 0 Å². The van der Waals surface area contributed by atoms with Gasteiger partial charge in [-0.05, 0) is 147 Å². The third-order valence-corrected chi connectivity index (χ3v) is 14.0. The SMILES string of the molecule is CC1(C)c2ccc(-c3c4ccccc4c(-c4ccc5oc6c(ccc7c8ccccc8oc76)c5c4)c4ccccc34)cc2-c2cc3c4ccccc4c4ccccc4c3cc21. The predicted molar refractivity (Wildman–Crippen MR) is 257 cm³/mol. The fourth-order valence-corrected chi connectivity index (χ4v) is 11.2. The highest BCUT2D eigenvalue weighted by atomic mass is 16.4. The molecule has 0 aliphatic heterocycles. The number of hydrogen-bond donors (Lipinski definition) is 0. The summed E-state index contributed by atoms with van der Waals surface area (Å²) >= 11 is 0. The van der Waals surface area contributed by atoms with Gasteiger partial charge in [-0.15, -0.1) is 0 Å². The van der Waals surface area contributed by atoms with E-state index in [4.69, 9.17) is 8.83 Å². The fourth-order valence-electron chi connectivity index (χ4n) is 11.2. The van der Waals surface area contributed by atoms with E-state index in [1.807, 2.05) is 12.1 Å². The van der Waals surface area contributed by atoms with Crippen LogP contribution < -0.4 is 0 Å². The Morgan fingerprint density at radius 2 is 0.721 bits per heavy atom. The molecule has 14 rings (SSSR count). The number of fused-ring (bicyclic) bond motifs is 18. The van der Waals surface area contributed by atoms with Gasteiger partial charge in [0.2, 0.25) is 0 Å². The van der Waals surface area contributed by atoms with Crippen molar-refractivity contribution in [3.05, 3.63) is 193 Å². The first-order chi connectivity index (χ1) is 30.0. The number of benzene rings is 11. The second-order valence-corrected chi connectivity index (χ2v) is 17.5. The van der Waals surface area contributed by atoms with Crippen LogP contribution in [0.1, 0.15) is 25.0 Å². The maximum atomic E-state index is 6.58. The molecule has 0 N–H and O–H groups in total. The minimum absolute atomic E-state index is 0.149. The molecule has 1 aliphatic carbocycles. The molecule has 13 aromatic rings. The molecule has 284 valence electrons. The van der Waals surface area contributed by atoms with Gasteiger partial charge in [0.15, 0.2) is 11.2 Å². The van der Waals surface area contributed by atoms with Crippen molar-refractivity contribution in [1.29, 1.82) is 0 Å². The monoisotopic (exact) mass is 776 g/mol. The van der Waals surface area contributed by atoms with E-state index in [1.165, 1.54) is 92.8 Å². The van der Waals surface area contributed by atoms with Crippen molar-refractivity contribution >= 4 is 97.7 Å². The van der Waals surface area contributed by atoms with Crippen molar-refractivity contribution < 1.29 is 8.83 Å². The highest BCUT2D eigenvalue weighted by Crippen LogP contribution is 2.54. The average molecular weight is 777 g/mol. The summed E-state index contributed by atoms with van der Waals surface area (Å²) in [6, 6.07) is 67.2. The maximum Gasteiger partial charge on any atom is 0.178 e. The zero-order valence-corrected chi connectivity index (χ0v) is 33.6. The first-order valence-electron chi connectivity index (χ1n) is 21.2. The summed E-state index contributed by atoms with van der Waals surface area (Å²) in [4.78, 5) is 0. The van der Waals surface area contributed by atoms with E-state index in [0.29, 0.717) is 0 Å². The molecule has 2 nitrogen and oxygen atoms in total. The molecule has 1 aliphatic rings. The predicted octanol–water partition coefficient (Wildman–Crippen LogP) is 16.9. The van der Waals surface area contributed by atoms with Gasteiger partial charge in [-0.2, -0.15) is 0 Å². The molecule has 0 saturated heterocycles. The van der Waals surface area contributed by atoms with Crippen LogP contribution >= 0.6 is 0 Å². The van der Waals surface area contributed by atoms with Crippen molar-refractivity contribution in [1.82, 2.24) is 0 Å². The normalized spacial score (nSPS) is 13.5. The molecule has 0 atom stereocenters. The van der Waals surface area contributed by atoms with Gasteiger partial charge in [0.1, 0.15) is 11.2 Å². The lowest BCUT2D eigenvalue weighted by Gasteiger charge is -2.23. The average Bonchev–Trinajstić information content (AvgIpc) is 3.95. The fraction of sp³-hybridized carbons (Fsp3) is 0.0508. The summed E-state index contributed by atoms with van der Waals surface area (Å²) in [6.45, 7) is 4.79. The van der Waals surface area contributed by atoms with Crippen molar-refractivity contribution in [3.8, 4) is 33.4 Å². The summed E-state index contributed by atoms with van der Waals surface area (Å²) in [5.74, 6) is 0. The summed E-state index contributed by atoms with van der Waals surface area (Å²) < 4.78 is 13.0. The second kappa shape index (κ2) is 11.7. The maximum absolute atomic E-state index is 6.58. The van der Waals surface area contributed by atoms with Gasteiger partial charge >= 0.3 is 0 Å². The molecule has 0 amide bonds. The molecule has 0 fully saturated rings. The standard InChI is InChI=1S/C59H36O2/c1-59(2)51-27-23-33(29-48(51)49-31-46-37-15-5-3-13-35(37)36-14-4-6-16-38(36)47(46)32-52(49)59)55-40-18-7-9-20-42(40)56(43-21-10-8-19-41(43)55)34-24-28-54-50(30-34)45-26-25-44-39-17-11-12-22-53(39)60-57(44)58(45)61-54/h3-32H,1-2H3. The highest BCUT2D eigenvalue weighted by Gasteiger charge is 2.36. The van der Waals surface area contributed by atoms with Crippen LogP contribution in [0.2, 0.25) is 0 Å². The molecule has 61 heavy (non-hydrogen) atoms. The van der Waals surface area contributed by atoms with Gasteiger partial charge in [0, 0.05) is 27.0 Å². The van der Waals surface area contributed by atoms with E-state index < -0.39 is 0 Å². The molecule has 0 radical (unpaired) electrons. The van der Waals surface area contributed by atoms with Crippen LogP contribution in [0.4, 0.5) is 0 Å². The van der Waals surface area contributed by atoms with Gasteiger partial charge in [0.25, 0.3) is 0 Å². The van der Waals surface area contributed by atoms with Crippen molar-refractivity contribution in [2.45, 2.75) is 19.3 Å². The Labute approximate surface area is 350 Å². The van der Waals surface area contributed by atoms with Crippen molar-refractivity contribution in [3.63, 3.8) is 0 Å². The van der Waals surface area contributed by atoms with Crippen molar-refractivity contribution in [2.75, 3.05) is 0 Å². The summed E-state index contributed by atoms with van der Waals surface area (Å²) in [6.07, 6.45) is 0. The Hall–Kier alpha value is -7.68. The molecule has 0 unspecified atom stereocenters. The number of para-hydroxylation sites is 1. The number of furan rings is 2. The molecule has 2 heteroatoms. The van der Waals surface area contributed by atoms with Crippen LogP contribution in [0.25, 0.3) is 131 Å². The van der Waals surface area contributed by atoms with Gasteiger partial charge in [-0.3, -0.25) is 0 Å². The van der Waals surface area contributed by atoms with E-state index in [0.717, 1.165) is 49.4 Å². The topological polar surface area (TPSA) is 26.3 Å². The van der Waals surface area contributed by atoms with Crippen LogP contribution in [-0.4, -0.2) is 0 Å². The summed E-state index contributed by atoms with van der Waals surface area (Å²) in [7, 11) is 0. The first kappa shape index (κ1) is 33.2. The molecule has 2 aromatic heterocycles. The number of hydrogen-bond acceptors (Lipinski definition) is 2. The van der Waals surface area contributed by atoms with Crippen LogP contribution in [0.3, 0.4) is 0 Å². The Balaban J connectivity index is 0.993. The lowest BCUT2D eigenvalue weighted by molar-refractivity contribution is 0.633. The first-order valence-corrected chi connectivity index (χ1v) is 21.2. The molecule has 11 aromatic carbocycles. The van der Waals surface area contributed by atoms with E-state index in [2.05, 4.69) is 184 Å². The lowest BCUT2D eigenvalue weighted by atomic mass is 9.80. The van der Waals surface area contributed by atoms with Gasteiger partial charge < -0.3 is 8.83 Å². The molecular weight excluding hydrogens is 741 g/mol. The zero-order chi connectivity index (χ0) is 40.1. The molecule has 2 heterocycles. The van der Waals surface area contributed by atoms with Crippen molar-refractivity contribution in [2.24, 2.45) is 0 Å². The van der Waals surface area contributed by atoms with Gasteiger partial charge in [-0.25, -0.2) is 0 Å². The molecule has 0 bridgehead atoms. The molecular formula is C59H36O2. The minimum Gasteiger partial charge on any atom is -0.452 e. The lowest BCUT2D eigenvalue weighted by Crippen LogP contribution is -2.14. The zero-order valence-electron chi connectivity index (χ0n) is 33.6. The van der Waals surface area contributed by atoms with Crippen LogP contribution in [-0.2, 0) is 5.41 Å². The van der Waals surface area contributed by atoms with E-state index >= 15 is 0 Å². The smallest absolute Gasteiger partial charge is 0.178 e. The molecule has 0 spiro atoms. The Bertz CT molecular complexity index is 4020. The Kier molecular flexibility index (Phi) is 6.39. The largest absolute Gasteiger partial charge is 0.452 e. The second-order valence-electron chi connectivity index (χ2n) is 17.5. The van der Waals surface area contributed by atoms with Crippen LogP contribution in [0, 0.1) is 0 Å². The number of rotatable bonds is 2. The van der Waals surface area contributed by atoms with Crippen LogP contribution in [0.15, 0.2) is 191 Å². The quantitative estimate of drug-likeness (QED) is 0.129. The van der Waals surface area contributed by atoms with E-state index in [9.17, 15) is 0 Å².